The summed E-state index contributed by atoms with van der Waals surface area (Å²) in [5.41, 5.74) is 0.854. The first-order valence-corrected chi connectivity index (χ1v) is 6.96. The average Bonchev–Trinajstić information content (AvgIpc) is 2.79. The molecule has 1 aromatic carbocycles. The molecule has 0 aliphatic heterocycles. The summed E-state index contributed by atoms with van der Waals surface area (Å²) in [6.07, 6.45) is 2.83. The zero-order chi connectivity index (χ0) is 12.3. The summed E-state index contributed by atoms with van der Waals surface area (Å²) in [6, 6.07) is 5.11. The van der Waals surface area contributed by atoms with E-state index in [1.54, 1.807) is 12.3 Å². The summed E-state index contributed by atoms with van der Waals surface area (Å²) in [6.45, 7) is 3.01. The summed E-state index contributed by atoms with van der Waals surface area (Å²) in [5, 5.41) is 4.09. The number of rotatable bonds is 4. The van der Waals surface area contributed by atoms with Gasteiger partial charge in [-0.1, -0.05) is 24.3 Å². The summed E-state index contributed by atoms with van der Waals surface area (Å²) < 4.78 is 13.9. The third-order valence-electron chi connectivity index (χ3n) is 2.24. The lowest BCUT2D eigenvalue weighted by atomic mass is 10.2. The SMILES string of the molecule is CCCNc1ncc(-c2ccc(Br)c(F)c2)s1. The Balaban J connectivity index is 2.21. The first-order chi connectivity index (χ1) is 8.20. The first-order valence-electron chi connectivity index (χ1n) is 5.36. The van der Waals surface area contributed by atoms with Crippen LogP contribution in [0.25, 0.3) is 10.4 Å². The largest absolute Gasteiger partial charge is 0.362 e. The maximum atomic E-state index is 13.4. The molecule has 1 N–H and O–H groups in total. The number of hydrogen-bond donors (Lipinski definition) is 1. The highest BCUT2D eigenvalue weighted by molar-refractivity contribution is 9.10. The van der Waals surface area contributed by atoms with Gasteiger partial charge in [0.05, 0.1) is 9.35 Å². The maximum Gasteiger partial charge on any atom is 0.183 e. The molecule has 0 amide bonds. The van der Waals surface area contributed by atoms with Crippen LogP contribution in [0.1, 0.15) is 13.3 Å². The Morgan fingerprint density at radius 2 is 2.29 bits per heavy atom. The van der Waals surface area contributed by atoms with E-state index in [1.165, 1.54) is 17.4 Å². The van der Waals surface area contributed by atoms with Crippen molar-refractivity contribution < 1.29 is 4.39 Å². The standard InChI is InChI=1S/C12H12BrFN2S/c1-2-5-15-12-16-7-11(17-12)8-3-4-9(13)10(14)6-8/h3-4,6-7H,2,5H2,1H3,(H,15,16). The van der Waals surface area contributed by atoms with E-state index >= 15 is 0 Å². The topological polar surface area (TPSA) is 24.9 Å². The van der Waals surface area contributed by atoms with Crippen molar-refractivity contribution in [2.45, 2.75) is 13.3 Å². The van der Waals surface area contributed by atoms with Crippen molar-refractivity contribution in [1.29, 1.82) is 0 Å². The second-order valence-electron chi connectivity index (χ2n) is 3.59. The molecule has 90 valence electrons. The van der Waals surface area contributed by atoms with Gasteiger partial charge in [-0.25, -0.2) is 9.37 Å². The van der Waals surface area contributed by atoms with Crippen LogP contribution in [-0.2, 0) is 0 Å². The molecule has 0 atom stereocenters. The zero-order valence-corrected chi connectivity index (χ0v) is 11.7. The summed E-state index contributed by atoms with van der Waals surface area (Å²) in [4.78, 5) is 5.22. The first kappa shape index (κ1) is 12.5. The lowest BCUT2D eigenvalue weighted by Crippen LogP contribution is -1.97. The minimum Gasteiger partial charge on any atom is -0.362 e. The number of halogens is 2. The Bertz CT molecular complexity index is 513. The Labute approximate surface area is 112 Å². The molecule has 0 spiro atoms. The number of anilines is 1. The van der Waals surface area contributed by atoms with Crippen LogP contribution in [0.5, 0.6) is 0 Å². The molecular weight excluding hydrogens is 303 g/mol. The van der Waals surface area contributed by atoms with Crippen LogP contribution in [0.3, 0.4) is 0 Å². The highest BCUT2D eigenvalue weighted by atomic mass is 79.9. The summed E-state index contributed by atoms with van der Waals surface area (Å²) in [7, 11) is 0. The van der Waals surface area contributed by atoms with Gasteiger partial charge in [0.2, 0.25) is 0 Å². The molecule has 0 aliphatic carbocycles. The van der Waals surface area contributed by atoms with E-state index in [-0.39, 0.29) is 5.82 Å². The highest BCUT2D eigenvalue weighted by Gasteiger charge is 2.06. The fourth-order valence-corrected chi connectivity index (χ4v) is 2.46. The maximum absolute atomic E-state index is 13.4. The van der Waals surface area contributed by atoms with Crippen LogP contribution >= 0.6 is 27.3 Å². The number of hydrogen-bond acceptors (Lipinski definition) is 3. The van der Waals surface area contributed by atoms with E-state index in [2.05, 4.69) is 33.2 Å². The average molecular weight is 315 g/mol. The Hall–Kier alpha value is -0.940. The van der Waals surface area contributed by atoms with Gasteiger partial charge in [-0.2, -0.15) is 0 Å². The Morgan fingerprint density at radius 1 is 1.47 bits per heavy atom. The second-order valence-corrected chi connectivity index (χ2v) is 5.47. The van der Waals surface area contributed by atoms with Gasteiger partial charge in [0.1, 0.15) is 5.82 Å². The normalized spacial score (nSPS) is 10.5. The van der Waals surface area contributed by atoms with Crippen molar-refractivity contribution in [3.05, 3.63) is 34.7 Å². The van der Waals surface area contributed by atoms with Crippen LogP contribution in [0.15, 0.2) is 28.9 Å². The van der Waals surface area contributed by atoms with Crippen molar-refractivity contribution in [2.75, 3.05) is 11.9 Å². The molecule has 0 fully saturated rings. The number of benzene rings is 1. The van der Waals surface area contributed by atoms with Gasteiger partial charge in [-0.3, -0.25) is 0 Å². The molecule has 0 unspecified atom stereocenters. The van der Waals surface area contributed by atoms with Gasteiger partial charge in [-0.15, -0.1) is 0 Å². The fourth-order valence-electron chi connectivity index (χ4n) is 1.37. The predicted octanol–water partition coefficient (Wildman–Crippen LogP) is 4.53. The highest BCUT2D eigenvalue weighted by Crippen LogP contribution is 2.30. The molecule has 2 aromatic rings. The van der Waals surface area contributed by atoms with Gasteiger partial charge in [0, 0.05) is 12.7 Å². The molecule has 5 heteroatoms. The monoisotopic (exact) mass is 314 g/mol. The lowest BCUT2D eigenvalue weighted by Gasteiger charge is -1.99. The molecule has 0 bridgehead atoms. The van der Waals surface area contributed by atoms with Crippen molar-refractivity contribution >= 4 is 32.4 Å². The smallest absolute Gasteiger partial charge is 0.183 e. The van der Waals surface area contributed by atoms with E-state index in [4.69, 9.17) is 0 Å². The molecular formula is C12H12BrFN2S. The molecule has 0 saturated carbocycles. The van der Waals surface area contributed by atoms with Crippen molar-refractivity contribution in [3.8, 4) is 10.4 Å². The Kier molecular flexibility index (Phi) is 4.12. The van der Waals surface area contributed by atoms with Crippen molar-refractivity contribution in [1.82, 2.24) is 4.98 Å². The quantitative estimate of drug-likeness (QED) is 0.896. The van der Waals surface area contributed by atoms with Crippen LogP contribution in [-0.4, -0.2) is 11.5 Å². The van der Waals surface area contributed by atoms with Crippen LogP contribution < -0.4 is 5.32 Å². The van der Waals surface area contributed by atoms with Crippen LogP contribution in [0.2, 0.25) is 0 Å². The van der Waals surface area contributed by atoms with E-state index in [0.717, 1.165) is 28.5 Å². The zero-order valence-electron chi connectivity index (χ0n) is 9.34. The van der Waals surface area contributed by atoms with Gasteiger partial charge in [-0.05, 0) is 40.0 Å². The number of aromatic nitrogens is 1. The molecule has 0 aliphatic rings. The van der Waals surface area contributed by atoms with Gasteiger partial charge >= 0.3 is 0 Å². The van der Waals surface area contributed by atoms with Crippen molar-refractivity contribution in [3.63, 3.8) is 0 Å². The number of nitrogens with zero attached hydrogens (tertiary/aromatic N) is 1. The van der Waals surface area contributed by atoms with E-state index in [0.29, 0.717) is 4.47 Å². The molecule has 0 saturated heterocycles. The minimum absolute atomic E-state index is 0.251. The minimum atomic E-state index is -0.251. The molecule has 0 radical (unpaired) electrons. The van der Waals surface area contributed by atoms with Gasteiger partial charge in [0.15, 0.2) is 5.13 Å². The number of thiazole rings is 1. The van der Waals surface area contributed by atoms with E-state index < -0.39 is 0 Å². The number of nitrogens with one attached hydrogen (secondary N) is 1. The molecule has 1 heterocycles. The third kappa shape index (κ3) is 3.04. The molecule has 1 aromatic heterocycles. The molecule has 2 nitrogen and oxygen atoms in total. The van der Waals surface area contributed by atoms with E-state index in [1.807, 2.05) is 6.07 Å². The lowest BCUT2D eigenvalue weighted by molar-refractivity contribution is 0.622. The predicted molar refractivity (Wildman–Crippen MR) is 74.0 cm³/mol. The summed E-state index contributed by atoms with van der Waals surface area (Å²) >= 11 is 4.68. The van der Waals surface area contributed by atoms with Crippen LogP contribution in [0.4, 0.5) is 9.52 Å². The van der Waals surface area contributed by atoms with Gasteiger partial charge in [0.25, 0.3) is 0 Å². The van der Waals surface area contributed by atoms with Gasteiger partial charge < -0.3 is 5.32 Å². The summed E-state index contributed by atoms with van der Waals surface area (Å²) in [5.74, 6) is -0.251. The van der Waals surface area contributed by atoms with Crippen LogP contribution in [0, 0.1) is 5.82 Å². The second kappa shape index (κ2) is 5.60. The molecule has 2 rings (SSSR count). The third-order valence-corrected chi connectivity index (χ3v) is 3.88. The fraction of sp³-hybridized carbons (Fsp3) is 0.250. The van der Waals surface area contributed by atoms with E-state index in [9.17, 15) is 4.39 Å². The molecule has 17 heavy (non-hydrogen) atoms. The van der Waals surface area contributed by atoms with Crippen molar-refractivity contribution in [2.24, 2.45) is 0 Å². The Morgan fingerprint density at radius 3 is 3.00 bits per heavy atom.